The molecule has 1 aromatic carbocycles. The molecule has 0 spiro atoms. The number of hydrogen-bond donors (Lipinski definition) is 2. The number of fused-ring (bicyclic) bond motifs is 1. The number of amides is 1. The smallest absolute Gasteiger partial charge is 0.231 e. The third-order valence-corrected chi connectivity index (χ3v) is 5.07. The quantitative estimate of drug-likeness (QED) is 0.830. The molecule has 6 nitrogen and oxygen atoms in total. The molecule has 1 amide bonds. The molecule has 0 bridgehead atoms. The SMILES string of the molecule is CC1NNC(C)C1CCCN(C)C(=O)Cc1ccc2c(c1)OCO2. The van der Waals surface area contributed by atoms with Gasteiger partial charge in [-0.2, -0.15) is 0 Å². The van der Waals surface area contributed by atoms with Gasteiger partial charge in [0.05, 0.1) is 6.42 Å². The van der Waals surface area contributed by atoms with Crippen LogP contribution in [0.5, 0.6) is 11.5 Å². The van der Waals surface area contributed by atoms with Gasteiger partial charge in [-0.1, -0.05) is 6.07 Å². The summed E-state index contributed by atoms with van der Waals surface area (Å²) in [4.78, 5) is 14.2. The van der Waals surface area contributed by atoms with Gasteiger partial charge in [0.1, 0.15) is 0 Å². The van der Waals surface area contributed by atoms with E-state index >= 15 is 0 Å². The van der Waals surface area contributed by atoms with Crippen LogP contribution in [-0.4, -0.2) is 43.3 Å². The van der Waals surface area contributed by atoms with Crippen LogP contribution in [0, 0.1) is 5.92 Å². The Morgan fingerprint density at radius 2 is 1.92 bits per heavy atom. The second-order valence-corrected chi connectivity index (χ2v) is 6.85. The average Bonchev–Trinajstić information content (AvgIpc) is 3.15. The second kappa shape index (κ2) is 7.40. The summed E-state index contributed by atoms with van der Waals surface area (Å²) < 4.78 is 10.7. The van der Waals surface area contributed by atoms with Crippen molar-refractivity contribution in [1.82, 2.24) is 15.8 Å². The molecule has 1 aromatic rings. The zero-order chi connectivity index (χ0) is 17.1. The summed E-state index contributed by atoms with van der Waals surface area (Å²) in [6, 6.07) is 6.66. The molecule has 0 radical (unpaired) electrons. The summed E-state index contributed by atoms with van der Waals surface area (Å²) in [7, 11) is 1.88. The first kappa shape index (κ1) is 17.0. The summed E-state index contributed by atoms with van der Waals surface area (Å²) in [5, 5.41) is 0. The lowest BCUT2D eigenvalue weighted by Crippen LogP contribution is -2.30. The lowest BCUT2D eigenvalue weighted by atomic mass is 9.91. The van der Waals surface area contributed by atoms with Crippen molar-refractivity contribution < 1.29 is 14.3 Å². The lowest BCUT2D eigenvalue weighted by Gasteiger charge is -2.21. The Bertz CT molecular complexity index is 583. The van der Waals surface area contributed by atoms with Gasteiger partial charge >= 0.3 is 0 Å². The average molecular weight is 333 g/mol. The standard InChI is InChI=1S/C18H27N3O3/c1-12-15(13(2)20-19-12)5-4-8-21(3)18(22)10-14-6-7-16-17(9-14)24-11-23-16/h6-7,9,12-13,15,19-20H,4-5,8,10-11H2,1-3H3. The van der Waals surface area contributed by atoms with Crippen molar-refractivity contribution in [3.8, 4) is 11.5 Å². The molecule has 2 heterocycles. The molecule has 0 aromatic heterocycles. The summed E-state index contributed by atoms with van der Waals surface area (Å²) in [6.07, 6.45) is 2.53. The van der Waals surface area contributed by atoms with Gasteiger partial charge in [0.15, 0.2) is 11.5 Å². The van der Waals surface area contributed by atoms with Gasteiger partial charge in [0, 0.05) is 25.7 Å². The Hall–Kier alpha value is -1.79. The van der Waals surface area contributed by atoms with Crippen molar-refractivity contribution in [3.05, 3.63) is 23.8 Å². The molecule has 1 fully saturated rings. The molecular formula is C18H27N3O3. The number of benzene rings is 1. The van der Waals surface area contributed by atoms with Crippen LogP contribution in [0.4, 0.5) is 0 Å². The molecule has 0 saturated carbocycles. The Kier molecular flexibility index (Phi) is 5.26. The molecule has 2 atom stereocenters. The van der Waals surface area contributed by atoms with E-state index in [0.29, 0.717) is 24.4 Å². The van der Waals surface area contributed by atoms with Crippen molar-refractivity contribution in [2.24, 2.45) is 5.92 Å². The maximum Gasteiger partial charge on any atom is 0.231 e. The number of nitrogens with zero attached hydrogens (tertiary/aromatic N) is 1. The van der Waals surface area contributed by atoms with E-state index in [-0.39, 0.29) is 12.7 Å². The molecule has 6 heteroatoms. The highest BCUT2D eigenvalue weighted by atomic mass is 16.7. The molecule has 2 N–H and O–H groups in total. The molecule has 2 aliphatic heterocycles. The summed E-state index contributed by atoms with van der Waals surface area (Å²) in [6.45, 7) is 5.46. The number of nitrogens with one attached hydrogen (secondary N) is 2. The van der Waals surface area contributed by atoms with E-state index in [9.17, 15) is 4.79 Å². The van der Waals surface area contributed by atoms with Gasteiger partial charge in [-0.25, -0.2) is 0 Å². The molecule has 3 rings (SSSR count). The van der Waals surface area contributed by atoms with Gasteiger partial charge in [-0.3, -0.25) is 15.6 Å². The first-order chi connectivity index (χ1) is 11.5. The van der Waals surface area contributed by atoms with Crippen LogP contribution < -0.4 is 20.3 Å². The number of carbonyl (C=O) groups is 1. The monoisotopic (exact) mass is 333 g/mol. The van der Waals surface area contributed by atoms with Crippen molar-refractivity contribution in [2.45, 2.75) is 45.2 Å². The summed E-state index contributed by atoms with van der Waals surface area (Å²) >= 11 is 0. The van der Waals surface area contributed by atoms with Crippen molar-refractivity contribution in [2.75, 3.05) is 20.4 Å². The Labute approximate surface area is 143 Å². The fourth-order valence-electron chi connectivity index (χ4n) is 3.46. The Balaban J connectivity index is 1.45. The molecule has 2 aliphatic rings. The van der Waals surface area contributed by atoms with Crippen LogP contribution >= 0.6 is 0 Å². The highest BCUT2D eigenvalue weighted by Gasteiger charge is 2.29. The van der Waals surface area contributed by atoms with Gasteiger partial charge < -0.3 is 14.4 Å². The van der Waals surface area contributed by atoms with Crippen LogP contribution in [0.25, 0.3) is 0 Å². The largest absolute Gasteiger partial charge is 0.454 e. The third kappa shape index (κ3) is 3.82. The van der Waals surface area contributed by atoms with Gasteiger partial charge in [0.25, 0.3) is 0 Å². The summed E-state index contributed by atoms with van der Waals surface area (Å²) in [5.41, 5.74) is 7.52. The molecule has 2 unspecified atom stereocenters. The minimum atomic E-state index is 0.137. The van der Waals surface area contributed by atoms with Gasteiger partial charge in [0.2, 0.25) is 12.7 Å². The molecule has 132 valence electrons. The van der Waals surface area contributed by atoms with Gasteiger partial charge in [-0.05, 0) is 50.3 Å². The predicted octanol–water partition coefficient (Wildman–Crippen LogP) is 1.70. The number of hydrazine groups is 1. The number of likely N-dealkylation sites (N-methyl/N-ethyl adjacent to an activating group) is 1. The number of carbonyl (C=O) groups excluding carboxylic acids is 1. The van der Waals surface area contributed by atoms with E-state index < -0.39 is 0 Å². The fraction of sp³-hybridized carbons (Fsp3) is 0.611. The zero-order valence-corrected chi connectivity index (χ0v) is 14.7. The van der Waals surface area contributed by atoms with Crippen molar-refractivity contribution in [3.63, 3.8) is 0 Å². The lowest BCUT2D eigenvalue weighted by molar-refractivity contribution is -0.129. The van der Waals surface area contributed by atoms with E-state index in [1.54, 1.807) is 0 Å². The number of hydrogen-bond acceptors (Lipinski definition) is 5. The Morgan fingerprint density at radius 1 is 1.21 bits per heavy atom. The first-order valence-corrected chi connectivity index (χ1v) is 8.68. The first-order valence-electron chi connectivity index (χ1n) is 8.68. The van der Waals surface area contributed by atoms with E-state index in [1.807, 2.05) is 30.1 Å². The number of rotatable bonds is 6. The highest BCUT2D eigenvalue weighted by molar-refractivity contribution is 5.78. The predicted molar refractivity (Wildman–Crippen MR) is 91.8 cm³/mol. The van der Waals surface area contributed by atoms with Crippen LogP contribution in [-0.2, 0) is 11.2 Å². The minimum Gasteiger partial charge on any atom is -0.454 e. The minimum absolute atomic E-state index is 0.137. The second-order valence-electron chi connectivity index (χ2n) is 6.85. The molecule has 0 aliphatic carbocycles. The normalized spacial score (nSPS) is 25.0. The van der Waals surface area contributed by atoms with Crippen LogP contribution in [0.3, 0.4) is 0 Å². The van der Waals surface area contributed by atoms with Crippen molar-refractivity contribution >= 4 is 5.91 Å². The highest BCUT2D eigenvalue weighted by Crippen LogP contribution is 2.32. The van der Waals surface area contributed by atoms with E-state index in [4.69, 9.17) is 9.47 Å². The van der Waals surface area contributed by atoms with Crippen molar-refractivity contribution in [1.29, 1.82) is 0 Å². The Morgan fingerprint density at radius 3 is 2.67 bits per heavy atom. The molecular weight excluding hydrogens is 306 g/mol. The molecule has 24 heavy (non-hydrogen) atoms. The third-order valence-electron chi connectivity index (χ3n) is 5.07. The topological polar surface area (TPSA) is 62.8 Å². The van der Waals surface area contributed by atoms with E-state index in [0.717, 1.165) is 36.4 Å². The number of ether oxygens (including phenoxy) is 2. The fourth-order valence-corrected chi connectivity index (χ4v) is 3.46. The van der Waals surface area contributed by atoms with Crippen LogP contribution in [0.2, 0.25) is 0 Å². The van der Waals surface area contributed by atoms with E-state index in [2.05, 4.69) is 24.7 Å². The van der Waals surface area contributed by atoms with Gasteiger partial charge in [-0.15, -0.1) is 0 Å². The maximum atomic E-state index is 12.4. The molecule has 1 saturated heterocycles. The van der Waals surface area contributed by atoms with E-state index in [1.165, 1.54) is 0 Å². The zero-order valence-electron chi connectivity index (χ0n) is 14.7. The van der Waals surface area contributed by atoms with Crippen LogP contribution in [0.1, 0.15) is 32.3 Å². The van der Waals surface area contributed by atoms with Crippen LogP contribution in [0.15, 0.2) is 18.2 Å². The maximum absolute atomic E-state index is 12.4. The summed E-state index contributed by atoms with van der Waals surface area (Å²) in [5.74, 6) is 2.23.